The van der Waals surface area contributed by atoms with Gasteiger partial charge < -0.3 is 5.32 Å². The Hall–Kier alpha value is -0.910. The Kier molecular flexibility index (Phi) is 5.31. The standard InChI is InChI=1S/C13H21NO3S/c1-3-13(2,12-8-5-4-6-9-12)14-10-7-11-18(15,16)17/h4-6,8-9,14H,3,7,10-11H2,1-2H3,(H,15,16,17). The lowest BCUT2D eigenvalue weighted by Crippen LogP contribution is -2.39. The van der Waals surface area contributed by atoms with E-state index in [1.165, 1.54) is 5.56 Å². The zero-order valence-corrected chi connectivity index (χ0v) is 11.7. The summed E-state index contributed by atoms with van der Waals surface area (Å²) in [5.74, 6) is -0.200. The molecule has 4 nitrogen and oxygen atoms in total. The van der Waals surface area contributed by atoms with Crippen molar-refractivity contribution < 1.29 is 13.0 Å². The SMILES string of the molecule is CCC(C)(NCCCS(=O)(=O)O)c1ccccc1. The average Bonchev–Trinajstić information content (AvgIpc) is 2.34. The molecule has 0 aliphatic rings. The molecule has 0 radical (unpaired) electrons. The summed E-state index contributed by atoms with van der Waals surface area (Å²) in [6, 6.07) is 10.1. The molecule has 1 aromatic carbocycles. The summed E-state index contributed by atoms with van der Waals surface area (Å²) in [4.78, 5) is 0. The predicted octanol–water partition coefficient (Wildman–Crippen LogP) is 2.18. The highest BCUT2D eigenvalue weighted by molar-refractivity contribution is 7.85. The summed E-state index contributed by atoms with van der Waals surface area (Å²) in [7, 11) is -3.85. The molecule has 18 heavy (non-hydrogen) atoms. The zero-order chi connectivity index (χ0) is 13.6. The number of hydrogen-bond donors (Lipinski definition) is 2. The van der Waals surface area contributed by atoms with Crippen LogP contribution in [0.4, 0.5) is 0 Å². The highest BCUT2D eigenvalue weighted by Crippen LogP contribution is 2.23. The first-order chi connectivity index (χ1) is 8.37. The second-order valence-electron chi connectivity index (χ2n) is 4.62. The molecule has 1 unspecified atom stereocenters. The van der Waals surface area contributed by atoms with Gasteiger partial charge in [0.15, 0.2) is 0 Å². The molecule has 5 heteroatoms. The lowest BCUT2D eigenvalue weighted by atomic mass is 9.89. The highest BCUT2D eigenvalue weighted by atomic mass is 32.2. The van der Waals surface area contributed by atoms with Crippen LogP contribution >= 0.6 is 0 Å². The first kappa shape index (κ1) is 15.1. The Labute approximate surface area is 109 Å². The van der Waals surface area contributed by atoms with Gasteiger partial charge in [-0.3, -0.25) is 4.55 Å². The van der Waals surface area contributed by atoms with Gasteiger partial charge in [-0.25, -0.2) is 0 Å². The van der Waals surface area contributed by atoms with Crippen LogP contribution in [0.5, 0.6) is 0 Å². The fourth-order valence-electron chi connectivity index (χ4n) is 1.86. The third kappa shape index (κ3) is 4.76. The molecular formula is C13H21NO3S. The third-order valence-electron chi connectivity index (χ3n) is 3.21. The van der Waals surface area contributed by atoms with E-state index in [0.717, 1.165) is 6.42 Å². The van der Waals surface area contributed by atoms with Crippen LogP contribution in [0.3, 0.4) is 0 Å². The van der Waals surface area contributed by atoms with Crippen LogP contribution in [-0.2, 0) is 15.7 Å². The second kappa shape index (κ2) is 6.31. The molecule has 0 saturated heterocycles. The third-order valence-corrected chi connectivity index (χ3v) is 4.02. The first-order valence-corrected chi connectivity index (χ1v) is 7.74. The lowest BCUT2D eigenvalue weighted by Gasteiger charge is -2.30. The maximum Gasteiger partial charge on any atom is 0.264 e. The molecule has 0 aliphatic carbocycles. The molecule has 102 valence electrons. The van der Waals surface area contributed by atoms with Gasteiger partial charge in [-0.2, -0.15) is 8.42 Å². The molecular weight excluding hydrogens is 250 g/mol. The molecule has 0 spiro atoms. The Balaban J connectivity index is 2.57. The van der Waals surface area contributed by atoms with Crippen LogP contribution in [0.15, 0.2) is 30.3 Å². The summed E-state index contributed by atoms with van der Waals surface area (Å²) < 4.78 is 29.9. The van der Waals surface area contributed by atoms with Crippen LogP contribution in [0, 0.1) is 0 Å². The monoisotopic (exact) mass is 271 g/mol. The van der Waals surface area contributed by atoms with E-state index in [0.29, 0.717) is 13.0 Å². The van der Waals surface area contributed by atoms with Crippen molar-refractivity contribution in [1.82, 2.24) is 5.32 Å². The van der Waals surface area contributed by atoms with Gasteiger partial charge in [0.1, 0.15) is 0 Å². The summed E-state index contributed by atoms with van der Waals surface area (Å²) in [6.45, 7) is 4.73. The van der Waals surface area contributed by atoms with Crippen molar-refractivity contribution in [3.8, 4) is 0 Å². The summed E-state index contributed by atoms with van der Waals surface area (Å²) in [6.07, 6.45) is 1.31. The van der Waals surface area contributed by atoms with E-state index < -0.39 is 10.1 Å². The number of benzene rings is 1. The summed E-state index contributed by atoms with van der Waals surface area (Å²) in [5, 5.41) is 3.36. The van der Waals surface area contributed by atoms with Crippen molar-refractivity contribution in [2.75, 3.05) is 12.3 Å². The van der Waals surface area contributed by atoms with Gasteiger partial charge in [-0.05, 0) is 31.9 Å². The van der Waals surface area contributed by atoms with Gasteiger partial charge in [0, 0.05) is 5.54 Å². The Morgan fingerprint density at radius 1 is 1.28 bits per heavy atom. The van der Waals surface area contributed by atoms with Crippen LogP contribution in [0.1, 0.15) is 32.3 Å². The van der Waals surface area contributed by atoms with E-state index in [9.17, 15) is 8.42 Å². The van der Waals surface area contributed by atoms with Crippen LogP contribution < -0.4 is 5.32 Å². The minimum Gasteiger partial charge on any atom is -0.308 e. The Morgan fingerprint density at radius 2 is 1.89 bits per heavy atom. The number of rotatable bonds is 7. The van der Waals surface area contributed by atoms with Gasteiger partial charge in [0.25, 0.3) is 10.1 Å². The Bertz CT molecular complexity index is 458. The molecule has 1 aromatic rings. The molecule has 1 atom stereocenters. The largest absolute Gasteiger partial charge is 0.308 e. The molecule has 0 bridgehead atoms. The second-order valence-corrected chi connectivity index (χ2v) is 6.19. The molecule has 0 aromatic heterocycles. The van der Waals surface area contributed by atoms with Gasteiger partial charge in [0.2, 0.25) is 0 Å². The van der Waals surface area contributed by atoms with Crippen molar-refractivity contribution >= 4 is 10.1 Å². The van der Waals surface area contributed by atoms with Crippen molar-refractivity contribution in [2.45, 2.75) is 32.2 Å². The lowest BCUT2D eigenvalue weighted by molar-refractivity contribution is 0.353. The Morgan fingerprint density at radius 3 is 2.39 bits per heavy atom. The quantitative estimate of drug-likeness (QED) is 0.589. The van der Waals surface area contributed by atoms with Crippen molar-refractivity contribution in [3.63, 3.8) is 0 Å². The number of nitrogens with one attached hydrogen (secondary N) is 1. The van der Waals surface area contributed by atoms with E-state index in [-0.39, 0.29) is 11.3 Å². The van der Waals surface area contributed by atoms with E-state index >= 15 is 0 Å². The van der Waals surface area contributed by atoms with Crippen molar-refractivity contribution in [1.29, 1.82) is 0 Å². The van der Waals surface area contributed by atoms with Gasteiger partial charge in [-0.15, -0.1) is 0 Å². The van der Waals surface area contributed by atoms with E-state index in [1.54, 1.807) is 0 Å². The van der Waals surface area contributed by atoms with Crippen molar-refractivity contribution in [2.24, 2.45) is 0 Å². The zero-order valence-electron chi connectivity index (χ0n) is 10.9. The maximum absolute atomic E-state index is 10.6. The molecule has 0 heterocycles. The summed E-state index contributed by atoms with van der Waals surface area (Å²) >= 11 is 0. The minimum atomic E-state index is -3.85. The smallest absolute Gasteiger partial charge is 0.264 e. The highest BCUT2D eigenvalue weighted by Gasteiger charge is 2.23. The average molecular weight is 271 g/mol. The molecule has 1 rings (SSSR count). The van der Waals surface area contributed by atoms with E-state index in [4.69, 9.17) is 4.55 Å². The molecule has 0 aliphatic heterocycles. The summed E-state index contributed by atoms with van der Waals surface area (Å²) in [5.41, 5.74) is 1.01. The van der Waals surface area contributed by atoms with E-state index in [1.807, 2.05) is 18.2 Å². The van der Waals surface area contributed by atoms with Gasteiger partial charge in [0.05, 0.1) is 5.75 Å². The molecule has 2 N–H and O–H groups in total. The maximum atomic E-state index is 10.6. The topological polar surface area (TPSA) is 66.4 Å². The first-order valence-electron chi connectivity index (χ1n) is 6.13. The van der Waals surface area contributed by atoms with Gasteiger partial charge >= 0.3 is 0 Å². The fraction of sp³-hybridized carbons (Fsp3) is 0.538. The fourth-order valence-corrected chi connectivity index (χ4v) is 2.37. The van der Waals surface area contributed by atoms with Crippen LogP contribution in [0.2, 0.25) is 0 Å². The molecule has 0 fully saturated rings. The van der Waals surface area contributed by atoms with Crippen LogP contribution in [0.25, 0.3) is 0 Å². The molecule has 0 amide bonds. The number of hydrogen-bond acceptors (Lipinski definition) is 3. The van der Waals surface area contributed by atoms with E-state index in [2.05, 4.69) is 31.3 Å². The minimum absolute atomic E-state index is 0.166. The van der Waals surface area contributed by atoms with Crippen LogP contribution in [-0.4, -0.2) is 25.3 Å². The van der Waals surface area contributed by atoms with Gasteiger partial charge in [-0.1, -0.05) is 37.3 Å². The molecule has 0 saturated carbocycles. The predicted molar refractivity (Wildman–Crippen MR) is 73.1 cm³/mol. The van der Waals surface area contributed by atoms with Crippen molar-refractivity contribution in [3.05, 3.63) is 35.9 Å². The normalized spacial score (nSPS) is 15.3.